The Kier molecular flexibility index (Phi) is 2.18. The second-order valence-corrected chi connectivity index (χ2v) is 5.40. The molecule has 0 spiro atoms. The second kappa shape index (κ2) is 3.13. The van der Waals surface area contributed by atoms with Crippen LogP contribution in [0.2, 0.25) is 0 Å². The van der Waals surface area contributed by atoms with E-state index in [4.69, 9.17) is 0 Å². The Labute approximate surface area is 86.3 Å². The summed E-state index contributed by atoms with van der Waals surface area (Å²) in [6, 6.07) is 2.93. The molecule has 0 radical (unpaired) electrons. The highest BCUT2D eigenvalue weighted by Crippen LogP contribution is 2.25. The normalized spacial score (nSPS) is 22.1. The first kappa shape index (κ1) is 9.78. The van der Waals surface area contributed by atoms with Crippen molar-refractivity contribution in [2.45, 2.75) is 52.2 Å². The van der Waals surface area contributed by atoms with Gasteiger partial charge in [-0.2, -0.15) is 0 Å². The average molecular weight is 192 g/mol. The zero-order chi connectivity index (χ0) is 10.3. The molecule has 0 unspecified atom stereocenters. The smallest absolute Gasteiger partial charge is 0.0374 e. The van der Waals surface area contributed by atoms with E-state index in [1.165, 1.54) is 11.3 Å². The van der Waals surface area contributed by atoms with E-state index in [2.05, 4.69) is 49.8 Å². The molecule has 0 amide bonds. The molecule has 1 aliphatic rings. The third-order valence-electron chi connectivity index (χ3n) is 2.95. The second-order valence-electron chi connectivity index (χ2n) is 5.40. The van der Waals surface area contributed by atoms with Crippen molar-refractivity contribution in [1.29, 1.82) is 0 Å². The number of fused-ring (bicyclic) bond motifs is 1. The molecule has 0 bridgehead atoms. The van der Waals surface area contributed by atoms with Crippen LogP contribution in [0.25, 0.3) is 0 Å². The van der Waals surface area contributed by atoms with Gasteiger partial charge in [0.2, 0.25) is 0 Å². The molecule has 1 aliphatic heterocycles. The molecule has 1 aromatic heterocycles. The highest BCUT2D eigenvalue weighted by atomic mass is 15.1. The molecule has 0 aliphatic carbocycles. The fraction of sp³-hybridized carbons (Fsp3) is 0.667. The summed E-state index contributed by atoms with van der Waals surface area (Å²) in [5.74, 6) is 0. The lowest BCUT2D eigenvalue weighted by Crippen LogP contribution is -2.35. The summed E-state index contributed by atoms with van der Waals surface area (Å²) >= 11 is 0. The predicted molar refractivity (Wildman–Crippen MR) is 59.4 cm³/mol. The maximum absolute atomic E-state index is 3.48. The molecular formula is C12H20N2. The van der Waals surface area contributed by atoms with Gasteiger partial charge in [-0.1, -0.05) is 20.8 Å². The first-order valence-corrected chi connectivity index (χ1v) is 5.40. The summed E-state index contributed by atoms with van der Waals surface area (Å²) in [5.41, 5.74) is 3.14. The van der Waals surface area contributed by atoms with Crippen LogP contribution in [-0.4, -0.2) is 10.6 Å². The molecule has 1 atom stereocenters. The molecule has 0 saturated carbocycles. The van der Waals surface area contributed by atoms with E-state index in [9.17, 15) is 0 Å². The summed E-state index contributed by atoms with van der Waals surface area (Å²) in [5, 5.41) is 3.48. The molecule has 2 nitrogen and oxygen atoms in total. The molecule has 78 valence electrons. The number of nitrogens with one attached hydrogen (secondary N) is 1. The molecule has 0 aromatic carbocycles. The zero-order valence-corrected chi connectivity index (χ0v) is 9.59. The van der Waals surface area contributed by atoms with Crippen LogP contribution >= 0.6 is 0 Å². The van der Waals surface area contributed by atoms with E-state index in [1.54, 1.807) is 0 Å². The van der Waals surface area contributed by atoms with Crippen molar-refractivity contribution in [1.82, 2.24) is 9.88 Å². The van der Waals surface area contributed by atoms with Gasteiger partial charge in [0.15, 0.2) is 0 Å². The van der Waals surface area contributed by atoms with E-state index in [-0.39, 0.29) is 5.41 Å². The summed E-state index contributed by atoms with van der Waals surface area (Å²) in [6.45, 7) is 11.2. The quantitative estimate of drug-likeness (QED) is 0.667. The minimum atomic E-state index is 0.271. The van der Waals surface area contributed by atoms with Crippen molar-refractivity contribution < 1.29 is 0 Å². The zero-order valence-electron chi connectivity index (χ0n) is 9.59. The number of rotatable bonds is 0. The summed E-state index contributed by atoms with van der Waals surface area (Å²) < 4.78 is 2.39. The van der Waals surface area contributed by atoms with Crippen molar-refractivity contribution in [2.75, 3.05) is 0 Å². The van der Waals surface area contributed by atoms with E-state index in [1.807, 2.05) is 0 Å². The van der Waals surface area contributed by atoms with E-state index in [0.29, 0.717) is 6.04 Å². The molecular weight excluding hydrogens is 172 g/mol. The van der Waals surface area contributed by atoms with Gasteiger partial charge >= 0.3 is 0 Å². The van der Waals surface area contributed by atoms with Gasteiger partial charge in [0.05, 0.1) is 0 Å². The molecule has 1 aromatic rings. The highest BCUT2D eigenvalue weighted by molar-refractivity contribution is 5.26. The number of nitrogens with zero attached hydrogens (tertiary/aromatic N) is 1. The molecule has 2 rings (SSSR count). The number of hydrogen-bond donors (Lipinski definition) is 1. The minimum Gasteiger partial charge on any atom is -0.348 e. The van der Waals surface area contributed by atoms with Crippen LogP contribution in [0.1, 0.15) is 39.0 Å². The summed E-state index contributed by atoms with van der Waals surface area (Å²) in [7, 11) is 0. The topological polar surface area (TPSA) is 17.0 Å². The Morgan fingerprint density at radius 2 is 2.14 bits per heavy atom. The Bertz CT molecular complexity index is 331. The van der Waals surface area contributed by atoms with Gasteiger partial charge < -0.3 is 9.88 Å². The lowest BCUT2D eigenvalue weighted by atomic mass is 9.89. The van der Waals surface area contributed by atoms with Gasteiger partial charge in [-0.15, -0.1) is 0 Å². The molecule has 0 fully saturated rings. The maximum Gasteiger partial charge on any atom is 0.0374 e. The van der Waals surface area contributed by atoms with Crippen molar-refractivity contribution in [3.8, 4) is 0 Å². The molecule has 2 heterocycles. The van der Waals surface area contributed by atoms with Crippen molar-refractivity contribution in [3.05, 3.63) is 23.5 Å². The standard InChI is InChI=1S/C12H20N2/c1-9-7-14-8-10(12(2,3)4)5-11(14)6-13-9/h5,8-9,13H,6-7H2,1-4H3/t9-/m0/s1. The predicted octanol–water partition coefficient (Wildman–Crippen LogP) is 2.28. The van der Waals surface area contributed by atoms with Crippen LogP contribution in [0.15, 0.2) is 12.3 Å². The van der Waals surface area contributed by atoms with Gasteiger partial charge in [0, 0.05) is 31.0 Å². The van der Waals surface area contributed by atoms with Crippen LogP contribution in [0.3, 0.4) is 0 Å². The largest absolute Gasteiger partial charge is 0.348 e. The van der Waals surface area contributed by atoms with Crippen LogP contribution in [0, 0.1) is 0 Å². The van der Waals surface area contributed by atoms with Gasteiger partial charge in [-0.05, 0) is 24.0 Å². The fourth-order valence-electron chi connectivity index (χ4n) is 1.92. The molecule has 14 heavy (non-hydrogen) atoms. The Morgan fingerprint density at radius 1 is 1.43 bits per heavy atom. The molecule has 1 N–H and O–H groups in total. The van der Waals surface area contributed by atoms with Crippen molar-refractivity contribution in [2.24, 2.45) is 0 Å². The van der Waals surface area contributed by atoms with Crippen molar-refractivity contribution >= 4 is 0 Å². The lowest BCUT2D eigenvalue weighted by molar-refractivity contribution is 0.416. The Balaban J connectivity index is 2.32. The van der Waals surface area contributed by atoms with E-state index < -0.39 is 0 Å². The van der Waals surface area contributed by atoms with Crippen LogP contribution in [0.5, 0.6) is 0 Å². The van der Waals surface area contributed by atoms with E-state index in [0.717, 1.165) is 13.1 Å². The molecule has 0 saturated heterocycles. The van der Waals surface area contributed by atoms with E-state index >= 15 is 0 Å². The summed E-state index contributed by atoms with van der Waals surface area (Å²) in [6.07, 6.45) is 2.31. The monoisotopic (exact) mass is 192 g/mol. The minimum absolute atomic E-state index is 0.271. The van der Waals surface area contributed by atoms with Crippen molar-refractivity contribution in [3.63, 3.8) is 0 Å². The van der Waals surface area contributed by atoms with Gasteiger partial charge in [-0.3, -0.25) is 0 Å². The number of aromatic nitrogens is 1. The first-order chi connectivity index (χ1) is 6.47. The lowest BCUT2D eigenvalue weighted by Gasteiger charge is -2.22. The molecule has 2 heteroatoms. The third kappa shape index (κ3) is 1.71. The van der Waals surface area contributed by atoms with Crippen LogP contribution in [-0.2, 0) is 18.5 Å². The first-order valence-electron chi connectivity index (χ1n) is 5.40. The average Bonchev–Trinajstić information content (AvgIpc) is 2.45. The SMILES string of the molecule is C[C@H]1Cn2cc(C(C)(C)C)cc2CN1. The van der Waals surface area contributed by atoms with Crippen LogP contribution < -0.4 is 5.32 Å². The highest BCUT2D eigenvalue weighted by Gasteiger charge is 2.20. The summed E-state index contributed by atoms with van der Waals surface area (Å²) in [4.78, 5) is 0. The van der Waals surface area contributed by atoms with Gasteiger partial charge in [0.25, 0.3) is 0 Å². The van der Waals surface area contributed by atoms with Gasteiger partial charge in [-0.25, -0.2) is 0 Å². The number of hydrogen-bond acceptors (Lipinski definition) is 1. The maximum atomic E-state index is 3.48. The third-order valence-corrected chi connectivity index (χ3v) is 2.95. The fourth-order valence-corrected chi connectivity index (χ4v) is 1.92. The Hall–Kier alpha value is -0.760. The van der Waals surface area contributed by atoms with Crippen LogP contribution in [0.4, 0.5) is 0 Å². The van der Waals surface area contributed by atoms with Gasteiger partial charge in [0.1, 0.15) is 0 Å². The Morgan fingerprint density at radius 3 is 2.79 bits per heavy atom.